The molecule has 2 aliphatic rings. The number of rotatable bonds is 4. The quantitative estimate of drug-likeness (QED) is 0.206. The minimum Gasteiger partial charge on any atom is -0.147 e. The van der Waals surface area contributed by atoms with Crippen LogP contribution in [-0.4, -0.2) is 3.21 Å². The number of benzene rings is 4. The zero-order valence-electron chi connectivity index (χ0n) is 19.6. The Bertz CT molecular complexity index is 1410. The van der Waals surface area contributed by atoms with E-state index in [1.54, 1.807) is 12.0 Å². The van der Waals surface area contributed by atoms with Crippen LogP contribution in [0.25, 0.3) is 16.7 Å². The summed E-state index contributed by atoms with van der Waals surface area (Å²) in [5, 5.41) is 0. The van der Waals surface area contributed by atoms with Crippen LogP contribution in [0.3, 0.4) is 0 Å². The van der Waals surface area contributed by atoms with Crippen molar-refractivity contribution < 1.29 is 22.8 Å². The SMILES string of the molecule is CC1=C(c2ccc3c([c]2[Zr]=[C](c2ccccc2)c2ccccc2)Cc2ccccc2-3)CC=C1.Cl.Cl. The van der Waals surface area contributed by atoms with Gasteiger partial charge in [-0.25, -0.2) is 0 Å². The van der Waals surface area contributed by atoms with Gasteiger partial charge in [0.2, 0.25) is 0 Å². The fourth-order valence-electron chi connectivity index (χ4n) is 5.19. The van der Waals surface area contributed by atoms with E-state index in [9.17, 15) is 0 Å². The Kier molecular flexibility index (Phi) is 8.23. The maximum atomic E-state index is 2.43. The van der Waals surface area contributed by atoms with E-state index in [-0.39, 0.29) is 24.8 Å². The predicted molar refractivity (Wildman–Crippen MR) is 151 cm³/mol. The molecule has 0 N–H and O–H groups in total. The third kappa shape index (κ3) is 4.88. The molecular formula is C32H27Cl2Zr. The van der Waals surface area contributed by atoms with Gasteiger partial charge in [0.1, 0.15) is 0 Å². The van der Waals surface area contributed by atoms with Gasteiger partial charge in [0.25, 0.3) is 0 Å². The summed E-state index contributed by atoms with van der Waals surface area (Å²) in [6.07, 6.45) is 6.73. The second-order valence-electron chi connectivity index (χ2n) is 8.85. The van der Waals surface area contributed by atoms with Crippen LogP contribution < -0.4 is 3.27 Å². The monoisotopic (exact) mass is 571 g/mol. The van der Waals surface area contributed by atoms with Gasteiger partial charge in [0.15, 0.2) is 0 Å². The Morgan fingerprint density at radius 1 is 0.657 bits per heavy atom. The van der Waals surface area contributed by atoms with E-state index in [1.165, 1.54) is 44.5 Å². The predicted octanol–water partition coefficient (Wildman–Crippen LogP) is 7.81. The van der Waals surface area contributed by atoms with Crippen molar-refractivity contribution in [1.82, 2.24) is 0 Å². The molecule has 0 aromatic heterocycles. The van der Waals surface area contributed by atoms with E-state index < -0.39 is 22.8 Å². The molecule has 0 nitrogen and oxygen atoms in total. The summed E-state index contributed by atoms with van der Waals surface area (Å²) in [6, 6.07) is 35.9. The van der Waals surface area contributed by atoms with E-state index in [4.69, 9.17) is 0 Å². The largest absolute Gasteiger partial charge is 0.147 e. The van der Waals surface area contributed by atoms with Crippen molar-refractivity contribution in [3.63, 3.8) is 0 Å². The first kappa shape index (κ1) is 25.8. The topological polar surface area (TPSA) is 0 Å². The molecule has 0 bridgehead atoms. The molecule has 0 spiro atoms. The van der Waals surface area contributed by atoms with Gasteiger partial charge >= 0.3 is 208 Å². The van der Waals surface area contributed by atoms with Crippen molar-refractivity contribution in [2.75, 3.05) is 0 Å². The Balaban J connectivity index is 0.00000144. The van der Waals surface area contributed by atoms with E-state index >= 15 is 0 Å². The Morgan fingerprint density at radius 2 is 1.26 bits per heavy atom. The molecule has 0 fully saturated rings. The third-order valence-electron chi connectivity index (χ3n) is 6.85. The molecule has 2 aliphatic carbocycles. The van der Waals surface area contributed by atoms with Crippen LogP contribution in [0.4, 0.5) is 0 Å². The summed E-state index contributed by atoms with van der Waals surface area (Å²) in [5.41, 5.74) is 13.1. The minimum absolute atomic E-state index is 0. The molecule has 6 rings (SSSR count). The number of hydrogen-bond donors (Lipinski definition) is 0. The summed E-state index contributed by atoms with van der Waals surface area (Å²) in [5.74, 6) is 0. The molecule has 0 saturated heterocycles. The van der Waals surface area contributed by atoms with Crippen LogP contribution in [0.1, 0.15) is 41.2 Å². The van der Waals surface area contributed by atoms with Crippen LogP contribution >= 0.6 is 24.8 Å². The van der Waals surface area contributed by atoms with Gasteiger partial charge in [-0.3, -0.25) is 0 Å². The van der Waals surface area contributed by atoms with Crippen LogP contribution in [0.2, 0.25) is 0 Å². The third-order valence-corrected chi connectivity index (χ3v) is 10.9. The molecule has 0 heterocycles. The molecule has 0 atom stereocenters. The summed E-state index contributed by atoms with van der Waals surface area (Å²) >= 11 is -1.14. The number of allylic oxidation sites excluding steroid dienone is 4. The summed E-state index contributed by atoms with van der Waals surface area (Å²) in [7, 11) is 0. The molecule has 4 aromatic carbocycles. The minimum atomic E-state index is -1.14. The molecule has 0 amide bonds. The van der Waals surface area contributed by atoms with Crippen molar-refractivity contribution in [1.29, 1.82) is 0 Å². The van der Waals surface area contributed by atoms with E-state index in [1.807, 2.05) is 0 Å². The van der Waals surface area contributed by atoms with Gasteiger partial charge in [-0.05, 0) is 0 Å². The summed E-state index contributed by atoms with van der Waals surface area (Å²) in [6.45, 7) is 2.27. The second kappa shape index (κ2) is 11.2. The maximum absolute atomic E-state index is 2.43. The Labute approximate surface area is 231 Å². The molecule has 3 heteroatoms. The molecule has 35 heavy (non-hydrogen) atoms. The van der Waals surface area contributed by atoms with Crippen LogP contribution in [0.15, 0.2) is 115 Å². The van der Waals surface area contributed by atoms with Crippen molar-refractivity contribution in [2.45, 2.75) is 19.8 Å². The van der Waals surface area contributed by atoms with Gasteiger partial charge in [0.05, 0.1) is 0 Å². The second-order valence-corrected chi connectivity index (χ2v) is 11.9. The van der Waals surface area contributed by atoms with Crippen molar-refractivity contribution in [3.8, 4) is 11.1 Å². The summed E-state index contributed by atoms with van der Waals surface area (Å²) in [4.78, 5) is 0. The van der Waals surface area contributed by atoms with Crippen LogP contribution in [-0.2, 0) is 29.2 Å². The normalized spacial score (nSPS) is 12.8. The fourth-order valence-corrected chi connectivity index (χ4v) is 9.16. The number of hydrogen-bond acceptors (Lipinski definition) is 0. The van der Waals surface area contributed by atoms with Gasteiger partial charge in [-0.1, -0.05) is 0 Å². The first-order valence-electron chi connectivity index (χ1n) is 11.7. The summed E-state index contributed by atoms with van der Waals surface area (Å²) < 4.78 is 3.22. The Hall–Kier alpha value is -2.31. The van der Waals surface area contributed by atoms with Gasteiger partial charge in [-0.15, -0.1) is 24.8 Å². The number of halogens is 2. The molecule has 0 aliphatic heterocycles. The van der Waals surface area contributed by atoms with Crippen molar-refractivity contribution >= 4 is 36.9 Å². The molecular weight excluding hydrogens is 546 g/mol. The smallest absolute Gasteiger partial charge is 0.147 e. The molecule has 0 radical (unpaired) electrons. The number of fused-ring (bicyclic) bond motifs is 3. The van der Waals surface area contributed by atoms with Gasteiger partial charge < -0.3 is 0 Å². The standard InChI is InChI=1S/C19H15.C13H10.2ClH.Zr/c1-13-5-4-8-17(13)15-9-10-19-16(12-15)11-14-6-2-3-7-18(14)19;1-3-7-12(8-4-1)11-13-9-5-2-6-10-13;;;/h2-7,9-10H,8,11H2,1H3;1-10H;2*1H;. The first-order valence-corrected chi connectivity index (χ1v) is 14.1. The van der Waals surface area contributed by atoms with E-state index in [0.29, 0.717) is 0 Å². The molecule has 173 valence electrons. The van der Waals surface area contributed by atoms with Crippen LogP contribution in [0.5, 0.6) is 0 Å². The van der Waals surface area contributed by atoms with Gasteiger partial charge in [-0.2, -0.15) is 0 Å². The zero-order chi connectivity index (χ0) is 22.2. The van der Waals surface area contributed by atoms with Gasteiger partial charge in [0, 0.05) is 0 Å². The molecule has 0 saturated carbocycles. The van der Waals surface area contributed by atoms with Crippen LogP contribution in [0, 0.1) is 0 Å². The zero-order valence-corrected chi connectivity index (χ0v) is 23.7. The molecule has 0 unspecified atom stereocenters. The first-order chi connectivity index (χ1) is 16.3. The average Bonchev–Trinajstić information content (AvgIpc) is 3.47. The van der Waals surface area contributed by atoms with E-state index in [2.05, 4.69) is 116 Å². The van der Waals surface area contributed by atoms with Crippen molar-refractivity contribution in [2.24, 2.45) is 0 Å². The van der Waals surface area contributed by atoms with Crippen molar-refractivity contribution in [3.05, 3.63) is 143 Å². The fraction of sp³-hybridized carbons (Fsp3) is 0.0938. The maximum Gasteiger partial charge on any atom is -0.147 e. The molecule has 4 aromatic rings. The average molecular weight is 574 g/mol. The van der Waals surface area contributed by atoms with E-state index in [0.717, 1.165) is 12.8 Å². The Morgan fingerprint density at radius 3 is 1.89 bits per heavy atom.